The average molecular weight is 367 g/mol. The van der Waals surface area contributed by atoms with E-state index < -0.39 is 0 Å². The summed E-state index contributed by atoms with van der Waals surface area (Å²) in [6.45, 7) is 1.61. The maximum absolute atomic E-state index is 12.4. The number of pyridine rings is 2. The Hall–Kier alpha value is -2.96. The average Bonchev–Trinajstić information content (AvgIpc) is 2.71. The normalized spacial score (nSPS) is 16.5. The summed E-state index contributed by atoms with van der Waals surface area (Å²) in [4.78, 5) is 34.5. The van der Waals surface area contributed by atoms with Gasteiger partial charge in [0, 0.05) is 63.2 Å². The summed E-state index contributed by atoms with van der Waals surface area (Å²) in [5, 5.41) is 5.73. The number of carbonyl (C=O) groups excluding carboxylic acids is 2. The fourth-order valence-corrected chi connectivity index (χ4v) is 3.13. The van der Waals surface area contributed by atoms with Gasteiger partial charge in [0.25, 0.3) is 0 Å². The van der Waals surface area contributed by atoms with E-state index in [0.29, 0.717) is 25.9 Å². The van der Waals surface area contributed by atoms with Crippen molar-refractivity contribution >= 4 is 17.6 Å². The largest absolute Gasteiger partial charge is 0.359 e. The molecule has 0 aliphatic carbocycles. The number of hydrogen-bond donors (Lipinski definition) is 2. The van der Waals surface area contributed by atoms with Crippen LogP contribution in [0.4, 0.5) is 5.82 Å². The summed E-state index contributed by atoms with van der Waals surface area (Å²) in [7, 11) is 1.99. The van der Waals surface area contributed by atoms with E-state index in [4.69, 9.17) is 0 Å². The molecule has 3 heterocycles. The molecule has 0 saturated carbocycles. The van der Waals surface area contributed by atoms with Crippen LogP contribution in [-0.4, -0.2) is 41.9 Å². The second-order valence-electron chi connectivity index (χ2n) is 6.74. The lowest BCUT2D eigenvalue weighted by Gasteiger charge is -2.23. The molecule has 0 spiro atoms. The van der Waals surface area contributed by atoms with Gasteiger partial charge in [-0.3, -0.25) is 14.6 Å². The molecule has 0 radical (unpaired) electrons. The van der Waals surface area contributed by atoms with Gasteiger partial charge in [-0.05, 0) is 24.6 Å². The molecule has 7 nitrogen and oxygen atoms in total. The monoisotopic (exact) mass is 367 g/mol. The minimum absolute atomic E-state index is 0.0168. The zero-order valence-corrected chi connectivity index (χ0v) is 15.5. The third-order valence-corrected chi connectivity index (χ3v) is 4.75. The summed E-state index contributed by atoms with van der Waals surface area (Å²) >= 11 is 0. The van der Waals surface area contributed by atoms with Gasteiger partial charge in [0.1, 0.15) is 5.82 Å². The Morgan fingerprint density at radius 1 is 1.26 bits per heavy atom. The number of amides is 2. The molecule has 1 aliphatic rings. The number of nitrogens with zero attached hydrogens (tertiary/aromatic N) is 3. The first-order valence-corrected chi connectivity index (χ1v) is 9.23. The molecule has 0 bridgehead atoms. The van der Waals surface area contributed by atoms with E-state index in [1.807, 2.05) is 37.4 Å². The molecule has 2 N–H and O–H groups in total. The van der Waals surface area contributed by atoms with Gasteiger partial charge in [-0.15, -0.1) is 0 Å². The second kappa shape index (κ2) is 9.12. The summed E-state index contributed by atoms with van der Waals surface area (Å²) in [6.07, 6.45) is 5.38. The molecule has 142 valence electrons. The number of likely N-dealkylation sites (N-methyl/N-ethyl adjacent to an activating group) is 1. The zero-order chi connectivity index (χ0) is 19.1. The lowest BCUT2D eigenvalue weighted by molar-refractivity contribution is -0.129. The fraction of sp³-hybridized carbons (Fsp3) is 0.400. The van der Waals surface area contributed by atoms with E-state index >= 15 is 0 Å². The second-order valence-corrected chi connectivity index (χ2v) is 6.74. The smallest absolute Gasteiger partial charge is 0.225 e. The highest BCUT2D eigenvalue weighted by molar-refractivity contribution is 5.83. The molecular weight excluding hydrogens is 342 g/mol. The van der Waals surface area contributed by atoms with Gasteiger partial charge in [-0.25, -0.2) is 4.98 Å². The summed E-state index contributed by atoms with van der Waals surface area (Å²) in [5.41, 5.74) is 2.00. The van der Waals surface area contributed by atoms with Crippen molar-refractivity contribution in [2.75, 3.05) is 25.0 Å². The number of hydrogen-bond acceptors (Lipinski definition) is 5. The Morgan fingerprint density at radius 3 is 2.85 bits per heavy atom. The molecule has 1 atom stereocenters. The molecule has 7 heteroatoms. The van der Waals surface area contributed by atoms with Gasteiger partial charge >= 0.3 is 0 Å². The van der Waals surface area contributed by atoms with Crippen LogP contribution in [0.2, 0.25) is 0 Å². The van der Waals surface area contributed by atoms with Gasteiger partial charge in [-0.1, -0.05) is 12.1 Å². The lowest BCUT2D eigenvalue weighted by atomic mass is 9.98. The summed E-state index contributed by atoms with van der Waals surface area (Å²) < 4.78 is 0. The van der Waals surface area contributed by atoms with Crippen LogP contribution < -0.4 is 15.5 Å². The molecule has 1 unspecified atom stereocenters. The number of carbonyl (C=O) groups is 2. The van der Waals surface area contributed by atoms with Crippen molar-refractivity contribution in [3.05, 3.63) is 54.0 Å². The number of rotatable bonds is 7. The predicted octanol–water partition coefficient (Wildman–Crippen LogP) is 1.30. The van der Waals surface area contributed by atoms with Crippen molar-refractivity contribution in [1.29, 1.82) is 0 Å². The molecular formula is C20H25N5O2. The van der Waals surface area contributed by atoms with Crippen molar-refractivity contribution in [1.82, 2.24) is 20.6 Å². The van der Waals surface area contributed by atoms with Crippen LogP contribution in [-0.2, 0) is 22.6 Å². The van der Waals surface area contributed by atoms with Crippen LogP contribution in [0.15, 0.2) is 42.7 Å². The van der Waals surface area contributed by atoms with E-state index in [1.54, 1.807) is 12.4 Å². The zero-order valence-electron chi connectivity index (χ0n) is 15.5. The van der Waals surface area contributed by atoms with Crippen LogP contribution >= 0.6 is 0 Å². The van der Waals surface area contributed by atoms with Crippen molar-refractivity contribution in [3.8, 4) is 0 Å². The number of anilines is 1. The molecule has 2 aromatic rings. The van der Waals surface area contributed by atoms with E-state index in [2.05, 4.69) is 25.5 Å². The summed E-state index contributed by atoms with van der Waals surface area (Å²) in [6, 6.07) is 9.75. The first-order valence-electron chi connectivity index (χ1n) is 9.23. The first-order chi connectivity index (χ1) is 13.1. The van der Waals surface area contributed by atoms with Gasteiger partial charge in [-0.2, -0.15) is 0 Å². The Labute approximate surface area is 159 Å². The Morgan fingerprint density at radius 2 is 2.11 bits per heavy atom. The molecule has 3 rings (SSSR count). The molecule has 2 amide bonds. The van der Waals surface area contributed by atoms with Crippen LogP contribution in [0, 0.1) is 5.92 Å². The maximum Gasteiger partial charge on any atom is 0.225 e. The topological polar surface area (TPSA) is 87.2 Å². The SMILES string of the molecule is CN(CCc1ccccn1)c1ncccc1CNC(=O)C1CCC(=O)NC1. The van der Waals surface area contributed by atoms with E-state index in [1.165, 1.54) is 0 Å². The Balaban J connectivity index is 1.56. The lowest BCUT2D eigenvalue weighted by Crippen LogP contribution is -2.42. The first kappa shape index (κ1) is 18.8. The van der Waals surface area contributed by atoms with Crippen molar-refractivity contribution in [2.24, 2.45) is 5.92 Å². The van der Waals surface area contributed by atoms with Crippen LogP contribution in [0.1, 0.15) is 24.1 Å². The van der Waals surface area contributed by atoms with Crippen molar-refractivity contribution < 1.29 is 9.59 Å². The number of aromatic nitrogens is 2. The number of nitrogens with one attached hydrogen (secondary N) is 2. The molecule has 0 aromatic carbocycles. The van der Waals surface area contributed by atoms with Crippen LogP contribution in [0.3, 0.4) is 0 Å². The van der Waals surface area contributed by atoms with Crippen molar-refractivity contribution in [2.45, 2.75) is 25.8 Å². The molecule has 1 fully saturated rings. The summed E-state index contributed by atoms with van der Waals surface area (Å²) in [5.74, 6) is 0.680. The minimum Gasteiger partial charge on any atom is -0.359 e. The van der Waals surface area contributed by atoms with E-state index in [0.717, 1.165) is 30.0 Å². The van der Waals surface area contributed by atoms with Gasteiger partial charge in [0.15, 0.2) is 0 Å². The molecule has 2 aromatic heterocycles. The third kappa shape index (κ3) is 5.26. The quantitative estimate of drug-likeness (QED) is 0.770. The van der Waals surface area contributed by atoms with Gasteiger partial charge < -0.3 is 15.5 Å². The van der Waals surface area contributed by atoms with Gasteiger partial charge in [0.05, 0.1) is 5.92 Å². The van der Waals surface area contributed by atoms with E-state index in [-0.39, 0.29) is 17.7 Å². The molecule has 27 heavy (non-hydrogen) atoms. The Kier molecular flexibility index (Phi) is 6.35. The van der Waals surface area contributed by atoms with Crippen LogP contribution in [0.5, 0.6) is 0 Å². The number of piperidine rings is 1. The standard InChI is InChI=1S/C20H25N5O2/c1-25(12-9-17-6-2-3-10-21-17)19-15(5-4-11-22-19)13-24-20(27)16-7-8-18(26)23-14-16/h2-6,10-11,16H,7-9,12-14H2,1H3,(H,23,26)(H,24,27). The van der Waals surface area contributed by atoms with E-state index in [9.17, 15) is 9.59 Å². The van der Waals surface area contributed by atoms with Crippen molar-refractivity contribution in [3.63, 3.8) is 0 Å². The molecule has 1 saturated heterocycles. The highest BCUT2D eigenvalue weighted by Gasteiger charge is 2.24. The molecule has 1 aliphatic heterocycles. The predicted molar refractivity (Wildman–Crippen MR) is 103 cm³/mol. The maximum atomic E-state index is 12.4. The highest BCUT2D eigenvalue weighted by Crippen LogP contribution is 2.17. The third-order valence-electron chi connectivity index (χ3n) is 4.75. The minimum atomic E-state index is -0.162. The highest BCUT2D eigenvalue weighted by atomic mass is 16.2. The van der Waals surface area contributed by atoms with Crippen LogP contribution in [0.25, 0.3) is 0 Å². The fourth-order valence-electron chi connectivity index (χ4n) is 3.13. The Bertz CT molecular complexity index is 771. The van der Waals surface area contributed by atoms with Gasteiger partial charge in [0.2, 0.25) is 11.8 Å².